The Bertz CT molecular complexity index is 642. The first-order valence-electron chi connectivity index (χ1n) is 5.71. The van der Waals surface area contributed by atoms with Gasteiger partial charge in [-0.2, -0.15) is 0 Å². The maximum atomic E-state index is 5.51. The minimum absolute atomic E-state index is 0.331. The Hall–Kier alpha value is -2.55. The van der Waals surface area contributed by atoms with Crippen LogP contribution in [0.2, 0.25) is 0 Å². The van der Waals surface area contributed by atoms with E-state index in [1.54, 1.807) is 6.07 Å². The van der Waals surface area contributed by atoms with E-state index >= 15 is 0 Å². The van der Waals surface area contributed by atoms with Gasteiger partial charge in [-0.3, -0.25) is 0 Å². The predicted octanol–water partition coefficient (Wildman–Crippen LogP) is 3.59. The maximum Gasteiger partial charge on any atom is 0.222 e. The number of anilines is 1. The molecule has 0 radical (unpaired) electrons. The molecule has 0 bridgehead atoms. The fourth-order valence-electron chi connectivity index (χ4n) is 1.89. The van der Waals surface area contributed by atoms with Gasteiger partial charge >= 0.3 is 0 Å². The molecule has 3 heteroatoms. The van der Waals surface area contributed by atoms with Crippen LogP contribution in [-0.4, -0.2) is 5.16 Å². The second-order valence-electron chi connectivity index (χ2n) is 4.06. The lowest BCUT2D eigenvalue weighted by atomic mass is 10.0. The summed E-state index contributed by atoms with van der Waals surface area (Å²) < 4.78 is 4.86. The van der Waals surface area contributed by atoms with Gasteiger partial charge in [0.05, 0.1) is 0 Å². The zero-order valence-electron chi connectivity index (χ0n) is 9.71. The molecule has 1 aromatic heterocycles. The number of nitrogens with two attached hydrogens (primary N) is 1. The van der Waals surface area contributed by atoms with Gasteiger partial charge in [-0.1, -0.05) is 59.8 Å². The number of aromatic nitrogens is 1. The first kappa shape index (κ1) is 10.6. The van der Waals surface area contributed by atoms with Crippen LogP contribution in [0.1, 0.15) is 0 Å². The molecular weight excluding hydrogens is 224 g/mol. The average Bonchev–Trinajstić information content (AvgIpc) is 2.87. The second kappa shape index (κ2) is 4.37. The van der Waals surface area contributed by atoms with Gasteiger partial charge < -0.3 is 10.3 Å². The lowest BCUT2D eigenvalue weighted by Crippen LogP contribution is -1.80. The lowest BCUT2D eigenvalue weighted by Gasteiger charge is -2.02. The van der Waals surface area contributed by atoms with E-state index < -0.39 is 0 Å². The van der Waals surface area contributed by atoms with Crippen molar-refractivity contribution in [1.82, 2.24) is 5.16 Å². The summed E-state index contributed by atoms with van der Waals surface area (Å²) in [5, 5.41) is 3.89. The first-order chi connectivity index (χ1) is 8.83. The predicted molar refractivity (Wildman–Crippen MR) is 71.8 cm³/mol. The van der Waals surface area contributed by atoms with Gasteiger partial charge in [-0.25, -0.2) is 0 Å². The van der Waals surface area contributed by atoms with Gasteiger partial charge in [0.15, 0.2) is 0 Å². The van der Waals surface area contributed by atoms with Crippen molar-refractivity contribution >= 4 is 5.88 Å². The van der Waals surface area contributed by atoms with Gasteiger partial charge in [-0.15, -0.1) is 0 Å². The second-order valence-corrected chi connectivity index (χ2v) is 4.06. The molecule has 0 saturated carbocycles. The number of rotatable bonds is 2. The van der Waals surface area contributed by atoms with Crippen LogP contribution in [0.3, 0.4) is 0 Å². The van der Waals surface area contributed by atoms with E-state index in [2.05, 4.69) is 29.4 Å². The molecule has 3 aromatic rings. The van der Waals surface area contributed by atoms with Gasteiger partial charge in [0, 0.05) is 11.6 Å². The van der Waals surface area contributed by atoms with E-state index in [0.717, 1.165) is 11.3 Å². The summed E-state index contributed by atoms with van der Waals surface area (Å²) in [5.74, 6) is 0.331. The number of hydrogen-bond donors (Lipinski definition) is 1. The minimum Gasteiger partial charge on any atom is -0.368 e. The summed E-state index contributed by atoms with van der Waals surface area (Å²) in [6.45, 7) is 0. The highest BCUT2D eigenvalue weighted by Gasteiger charge is 2.04. The van der Waals surface area contributed by atoms with E-state index in [0.29, 0.717) is 5.88 Å². The normalized spacial score (nSPS) is 10.4. The van der Waals surface area contributed by atoms with Gasteiger partial charge in [0.2, 0.25) is 5.88 Å². The Morgan fingerprint density at radius 3 is 2.00 bits per heavy atom. The topological polar surface area (TPSA) is 52.0 Å². The Balaban J connectivity index is 1.94. The Morgan fingerprint density at radius 1 is 0.778 bits per heavy atom. The van der Waals surface area contributed by atoms with E-state index in [1.165, 1.54) is 11.1 Å². The fourth-order valence-corrected chi connectivity index (χ4v) is 1.89. The third-order valence-electron chi connectivity index (χ3n) is 2.82. The molecular formula is C15H12N2O. The molecule has 88 valence electrons. The molecule has 0 aliphatic rings. The summed E-state index contributed by atoms with van der Waals surface area (Å²) in [6, 6.07) is 20.1. The third kappa shape index (κ3) is 1.98. The van der Waals surface area contributed by atoms with Crippen LogP contribution in [0.25, 0.3) is 22.4 Å². The van der Waals surface area contributed by atoms with Crippen LogP contribution in [0.4, 0.5) is 5.88 Å². The number of nitrogen functional groups attached to an aromatic ring is 1. The molecule has 0 fully saturated rings. The number of nitrogens with zero attached hydrogens (tertiary/aromatic N) is 1. The molecule has 2 N–H and O–H groups in total. The Labute approximate surface area is 105 Å². The SMILES string of the molecule is Nc1cc(-c2ccc(-c3ccccc3)cc2)no1. The van der Waals surface area contributed by atoms with E-state index in [9.17, 15) is 0 Å². The number of benzene rings is 2. The van der Waals surface area contributed by atoms with Crippen LogP contribution in [0, 0.1) is 0 Å². The van der Waals surface area contributed by atoms with Gasteiger partial charge in [0.25, 0.3) is 0 Å². The largest absolute Gasteiger partial charge is 0.368 e. The summed E-state index contributed by atoms with van der Waals surface area (Å²) in [4.78, 5) is 0. The van der Waals surface area contributed by atoms with E-state index in [-0.39, 0.29) is 0 Å². The summed E-state index contributed by atoms with van der Waals surface area (Å²) >= 11 is 0. The van der Waals surface area contributed by atoms with Crippen molar-refractivity contribution in [1.29, 1.82) is 0 Å². The van der Waals surface area contributed by atoms with Crippen LogP contribution in [0.15, 0.2) is 65.2 Å². The minimum atomic E-state index is 0.331. The van der Waals surface area contributed by atoms with Crippen LogP contribution < -0.4 is 5.73 Å². The smallest absolute Gasteiger partial charge is 0.222 e. The zero-order valence-corrected chi connectivity index (χ0v) is 9.71. The quantitative estimate of drug-likeness (QED) is 0.739. The molecule has 0 amide bonds. The highest BCUT2D eigenvalue weighted by Crippen LogP contribution is 2.24. The molecule has 18 heavy (non-hydrogen) atoms. The van der Waals surface area contributed by atoms with Crippen LogP contribution in [0.5, 0.6) is 0 Å². The average molecular weight is 236 g/mol. The fraction of sp³-hybridized carbons (Fsp3) is 0. The molecule has 0 aliphatic heterocycles. The van der Waals surface area contributed by atoms with Gasteiger partial charge in [0.1, 0.15) is 5.69 Å². The molecule has 3 rings (SSSR count). The van der Waals surface area contributed by atoms with E-state index in [4.69, 9.17) is 10.3 Å². The zero-order chi connectivity index (χ0) is 12.4. The summed E-state index contributed by atoms with van der Waals surface area (Å²) in [6.07, 6.45) is 0. The highest BCUT2D eigenvalue weighted by molar-refractivity contribution is 5.69. The lowest BCUT2D eigenvalue weighted by molar-refractivity contribution is 0.439. The molecule has 0 unspecified atom stereocenters. The summed E-state index contributed by atoms with van der Waals surface area (Å²) in [7, 11) is 0. The Kier molecular flexibility index (Phi) is 2.57. The standard InChI is InChI=1S/C15H12N2O/c16-15-10-14(17-18-15)13-8-6-12(7-9-13)11-4-2-1-3-5-11/h1-10H,16H2. The van der Waals surface area contributed by atoms with Crippen molar-refractivity contribution in [2.75, 3.05) is 5.73 Å². The van der Waals surface area contributed by atoms with Crippen molar-refractivity contribution in [2.24, 2.45) is 0 Å². The van der Waals surface area contributed by atoms with E-state index in [1.807, 2.05) is 30.3 Å². The van der Waals surface area contributed by atoms with Crippen molar-refractivity contribution in [3.63, 3.8) is 0 Å². The van der Waals surface area contributed by atoms with Crippen molar-refractivity contribution in [3.8, 4) is 22.4 Å². The van der Waals surface area contributed by atoms with Crippen LogP contribution >= 0.6 is 0 Å². The highest BCUT2D eigenvalue weighted by atomic mass is 16.5. The van der Waals surface area contributed by atoms with Gasteiger partial charge in [-0.05, 0) is 11.1 Å². The molecule has 2 aromatic carbocycles. The van der Waals surface area contributed by atoms with Crippen molar-refractivity contribution in [2.45, 2.75) is 0 Å². The van der Waals surface area contributed by atoms with Crippen molar-refractivity contribution < 1.29 is 4.52 Å². The first-order valence-corrected chi connectivity index (χ1v) is 5.71. The number of hydrogen-bond acceptors (Lipinski definition) is 3. The molecule has 0 atom stereocenters. The third-order valence-corrected chi connectivity index (χ3v) is 2.82. The van der Waals surface area contributed by atoms with Crippen molar-refractivity contribution in [3.05, 3.63) is 60.7 Å². The maximum absolute atomic E-state index is 5.51. The monoisotopic (exact) mass is 236 g/mol. The summed E-state index contributed by atoms with van der Waals surface area (Å²) in [5.41, 5.74) is 9.63. The molecule has 1 heterocycles. The molecule has 0 aliphatic carbocycles. The Morgan fingerprint density at radius 2 is 1.39 bits per heavy atom. The molecule has 0 saturated heterocycles. The molecule has 0 spiro atoms. The van der Waals surface area contributed by atoms with Crippen LogP contribution in [-0.2, 0) is 0 Å². The molecule has 3 nitrogen and oxygen atoms in total.